The van der Waals surface area contributed by atoms with Crippen LogP contribution in [0.15, 0.2) is 0 Å². The van der Waals surface area contributed by atoms with Gasteiger partial charge in [-0.2, -0.15) is 5.26 Å². The summed E-state index contributed by atoms with van der Waals surface area (Å²) in [4.78, 5) is 1.12. The Bertz CT molecular complexity index is 175. The zero-order valence-electron chi connectivity index (χ0n) is 7.10. The standard InChI is InChI=1S/C6H11BF3N2/c1-6(3-11)4-12(2)5-7(8,9)10/h6H,4-5H2,1-2H3/q-1. The molecule has 1 atom stereocenters. The van der Waals surface area contributed by atoms with Gasteiger partial charge in [-0.1, -0.05) is 0 Å². The Kier molecular flexibility index (Phi) is 4.11. The van der Waals surface area contributed by atoms with Gasteiger partial charge in [-0.05, 0) is 20.4 Å². The Balaban J connectivity index is 3.76. The molecule has 0 radical (unpaired) electrons. The van der Waals surface area contributed by atoms with Crippen LogP contribution in [-0.4, -0.2) is 31.9 Å². The first-order valence-corrected chi connectivity index (χ1v) is 3.64. The van der Waals surface area contributed by atoms with Crippen molar-refractivity contribution >= 4 is 6.98 Å². The van der Waals surface area contributed by atoms with Gasteiger partial charge in [-0.15, -0.1) is 0 Å². The summed E-state index contributed by atoms with van der Waals surface area (Å²) in [7, 11) is 1.36. The number of hydrogen-bond donors (Lipinski definition) is 0. The zero-order chi connectivity index (χ0) is 9.78. The molecule has 0 aliphatic rings. The van der Waals surface area contributed by atoms with E-state index in [1.165, 1.54) is 7.05 Å². The first kappa shape index (κ1) is 11.3. The maximum Gasteiger partial charge on any atom is 0.492 e. The summed E-state index contributed by atoms with van der Waals surface area (Å²) < 4.78 is 35.4. The van der Waals surface area contributed by atoms with E-state index < -0.39 is 13.4 Å². The highest BCUT2D eigenvalue weighted by Gasteiger charge is 2.25. The van der Waals surface area contributed by atoms with Gasteiger partial charge in [0.1, 0.15) is 0 Å². The van der Waals surface area contributed by atoms with Gasteiger partial charge in [0.25, 0.3) is 0 Å². The fraction of sp³-hybridized carbons (Fsp3) is 0.833. The molecule has 0 spiro atoms. The summed E-state index contributed by atoms with van der Waals surface area (Å²) in [5, 5.41) is 8.33. The van der Waals surface area contributed by atoms with Crippen LogP contribution in [0.25, 0.3) is 0 Å². The summed E-state index contributed by atoms with van der Waals surface area (Å²) in [6.07, 6.45) is -0.897. The third kappa shape index (κ3) is 6.04. The lowest BCUT2D eigenvalue weighted by Crippen LogP contribution is -2.37. The van der Waals surface area contributed by atoms with Crippen LogP contribution in [0.4, 0.5) is 12.9 Å². The summed E-state index contributed by atoms with van der Waals surface area (Å²) >= 11 is 0. The van der Waals surface area contributed by atoms with Gasteiger partial charge in [0.2, 0.25) is 0 Å². The molecular formula is C6H11BF3N2-. The van der Waals surface area contributed by atoms with E-state index in [0.29, 0.717) is 0 Å². The number of hydrogen-bond acceptors (Lipinski definition) is 2. The number of rotatable bonds is 4. The van der Waals surface area contributed by atoms with Gasteiger partial charge in [-0.25, -0.2) is 0 Å². The molecule has 0 saturated carbocycles. The summed E-state index contributed by atoms with van der Waals surface area (Å²) in [6, 6.07) is 1.88. The maximum absolute atomic E-state index is 11.8. The van der Waals surface area contributed by atoms with Crippen molar-refractivity contribution in [2.75, 3.05) is 20.0 Å². The molecule has 0 rings (SSSR count). The molecule has 0 fully saturated rings. The molecule has 6 heteroatoms. The monoisotopic (exact) mass is 179 g/mol. The third-order valence-electron chi connectivity index (χ3n) is 1.32. The molecule has 0 aromatic rings. The highest BCUT2D eigenvalue weighted by atomic mass is 19.4. The quantitative estimate of drug-likeness (QED) is 0.610. The van der Waals surface area contributed by atoms with Gasteiger partial charge >= 0.3 is 6.98 Å². The first-order chi connectivity index (χ1) is 5.35. The van der Waals surface area contributed by atoms with Crippen molar-refractivity contribution in [3.05, 3.63) is 0 Å². The minimum Gasteiger partial charge on any atom is -0.448 e. The van der Waals surface area contributed by atoms with Gasteiger partial charge in [-0.3, -0.25) is 0 Å². The summed E-state index contributed by atoms with van der Waals surface area (Å²) in [6.45, 7) is -3.00. The van der Waals surface area contributed by atoms with Crippen LogP contribution in [-0.2, 0) is 0 Å². The highest BCUT2D eigenvalue weighted by Crippen LogP contribution is 2.10. The molecule has 2 nitrogen and oxygen atoms in total. The number of nitriles is 1. The summed E-state index contributed by atoms with van der Waals surface area (Å²) in [5.41, 5.74) is 0. The lowest BCUT2D eigenvalue weighted by Gasteiger charge is -2.24. The average molecular weight is 179 g/mol. The molecule has 70 valence electrons. The molecule has 0 amide bonds. The Morgan fingerprint density at radius 3 is 2.33 bits per heavy atom. The van der Waals surface area contributed by atoms with Crippen molar-refractivity contribution < 1.29 is 12.9 Å². The molecule has 0 aromatic heterocycles. The van der Waals surface area contributed by atoms with Crippen molar-refractivity contribution in [1.82, 2.24) is 4.90 Å². The molecule has 0 saturated heterocycles. The molecule has 0 bridgehead atoms. The zero-order valence-corrected chi connectivity index (χ0v) is 7.10. The second kappa shape index (κ2) is 4.36. The van der Waals surface area contributed by atoms with Crippen LogP contribution >= 0.6 is 0 Å². The van der Waals surface area contributed by atoms with Crippen LogP contribution in [0.3, 0.4) is 0 Å². The number of halogens is 3. The lowest BCUT2D eigenvalue weighted by atomic mass is 9.91. The SMILES string of the molecule is CC(C#N)CN(C)C[B-](F)(F)F. The van der Waals surface area contributed by atoms with Crippen LogP contribution in [0.2, 0.25) is 0 Å². The largest absolute Gasteiger partial charge is 0.492 e. The molecular weight excluding hydrogens is 168 g/mol. The Morgan fingerprint density at radius 1 is 1.50 bits per heavy atom. The number of nitrogens with zero attached hydrogens (tertiary/aromatic N) is 2. The molecule has 0 aliphatic carbocycles. The second-order valence-corrected chi connectivity index (χ2v) is 2.96. The Morgan fingerprint density at radius 2 is 2.00 bits per heavy atom. The Labute approximate surface area is 70.0 Å². The predicted octanol–water partition coefficient (Wildman–Crippen LogP) is 1.46. The fourth-order valence-corrected chi connectivity index (χ4v) is 0.936. The van der Waals surface area contributed by atoms with E-state index in [-0.39, 0.29) is 12.5 Å². The second-order valence-electron chi connectivity index (χ2n) is 2.96. The topological polar surface area (TPSA) is 27.0 Å². The first-order valence-electron chi connectivity index (χ1n) is 3.64. The molecule has 1 unspecified atom stereocenters. The van der Waals surface area contributed by atoms with Crippen LogP contribution in [0.1, 0.15) is 6.92 Å². The van der Waals surface area contributed by atoms with Gasteiger partial charge in [0, 0.05) is 6.54 Å². The fourth-order valence-electron chi connectivity index (χ4n) is 0.936. The molecule has 0 heterocycles. The van der Waals surface area contributed by atoms with E-state index in [2.05, 4.69) is 0 Å². The summed E-state index contributed by atoms with van der Waals surface area (Å²) in [5.74, 6) is -0.354. The van der Waals surface area contributed by atoms with Gasteiger partial charge in [0.05, 0.1) is 12.0 Å². The Hall–Kier alpha value is -0.695. The highest BCUT2D eigenvalue weighted by molar-refractivity contribution is 6.58. The van der Waals surface area contributed by atoms with E-state index >= 15 is 0 Å². The van der Waals surface area contributed by atoms with E-state index in [4.69, 9.17) is 5.26 Å². The normalized spacial score (nSPS) is 14.4. The van der Waals surface area contributed by atoms with Crippen LogP contribution in [0.5, 0.6) is 0 Å². The lowest BCUT2D eigenvalue weighted by molar-refractivity contribution is 0.310. The van der Waals surface area contributed by atoms with Gasteiger partial charge < -0.3 is 17.8 Å². The minimum absolute atomic E-state index is 0.164. The van der Waals surface area contributed by atoms with Crippen molar-refractivity contribution in [2.24, 2.45) is 5.92 Å². The smallest absolute Gasteiger partial charge is 0.448 e. The maximum atomic E-state index is 11.8. The van der Waals surface area contributed by atoms with Crippen LogP contribution < -0.4 is 0 Å². The molecule has 0 N–H and O–H groups in total. The van der Waals surface area contributed by atoms with Gasteiger partial charge in [0.15, 0.2) is 0 Å². The minimum atomic E-state index is -4.76. The van der Waals surface area contributed by atoms with Crippen molar-refractivity contribution in [1.29, 1.82) is 5.26 Å². The third-order valence-corrected chi connectivity index (χ3v) is 1.32. The average Bonchev–Trinajstić information content (AvgIpc) is 1.82. The molecule has 12 heavy (non-hydrogen) atoms. The molecule has 0 aromatic carbocycles. The van der Waals surface area contributed by atoms with Crippen molar-refractivity contribution in [3.8, 4) is 6.07 Å². The van der Waals surface area contributed by atoms with Crippen molar-refractivity contribution in [3.63, 3.8) is 0 Å². The molecule has 0 aliphatic heterocycles. The van der Waals surface area contributed by atoms with E-state index in [1.807, 2.05) is 6.07 Å². The van der Waals surface area contributed by atoms with E-state index in [1.54, 1.807) is 6.92 Å². The predicted molar refractivity (Wildman–Crippen MR) is 41.4 cm³/mol. The van der Waals surface area contributed by atoms with E-state index in [0.717, 1.165) is 4.90 Å². The van der Waals surface area contributed by atoms with E-state index in [9.17, 15) is 12.9 Å². The van der Waals surface area contributed by atoms with Crippen LogP contribution in [0, 0.1) is 17.2 Å². The van der Waals surface area contributed by atoms with Crippen molar-refractivity contribution in [2.45, 2.75) is 6.92 Å².